The molecule has 0 bridgehead atoms. The standard InChI is InChI=1S/C17H14O2/c1-10(18)12-3-5-16-14(7-12)9-15-8-13(11(2)19)4-6-17(15)16/h3-9,14H,1-2H3/t14-/m1/s1. The Balaban J connectivity index is 2.18. The van der Waals surface area contributed by atoms with Crippen molar-refractivity contribution >= 4 is 23.2 Å². The average molecular weight is 250 g/mol. The van der Waals surface area contributed by atoms with Crippen molar-refractivity contribution < 1.29 is 9.59 Å². The van der Waals surface area contributed by atoms with Gasteiger partial charge in [-0.05, 0) is 35.9 Å². The lowest BCUT2D eigenvalue weighted by Crippen LogP contribution is -2.23. The molecule has 1 atom stereocenters. The molecule has 0 aliphatic heterocycles. The quantitative estimate of drug-likeness (QED) is 0.746. The van der Waals surface area contributed by atoms with E-state index >= 15 is 0 Å². The van der Waals surface area contributed by atoms with E-state index in [1.54, 1.807) is 13.8 Å². The molecule has 0 fully saturated rings. The number of fused-ring (bicyclic) bond motifs is 2. The molecular formula is C17H14O2. The van der Waals surface area contributed by atoms with Gasteiger partial charge in [0.05, 0.1) is 0 Å². The van der Waals surface area contributed by atoms with Gasteiger partial charge in [0, 0.05) is 17.1 Å². The second-order valence-corrected chi connectivity index (χ2v) is 5.02. The van der Waals surface area contributed by atoms with Crippen LogP contribution in [0.15, 0.2) is 42.0 Å². The fourth-order valence-corrected chi connectivity index (χ4v) is 2.65. The number of carbonyl (C=O) groups is 2. The monoisotopic (exact) mass is 250 g/mol. The Morgan fingerprint density at radius 2 is 1.79 bits per heavy atom. The Morgan fingerprint density at radius 3 is 2.47 bits per heavy atom. The van der Waals surface area contributed by atoms with Gasteiger partial charge in [-0.3, -0.25) is 9.59 Å². The van der Waals surface area contributed by atoms with Gasteiger partial charge >= 0.3 is 0 Å². The topological polar surface area (TPSA) is 34.1 Å². The van der Waals surface area contributed by atoms with E-state index < -0.39 is 0 Å². The van der Waals surface area contributed by atoms with Gasteiger partial charge in [0.1, 0.15) is 0 Å². The summed E-state index contributed by atoms with van der Waals surface area (Å²) in [5.41, 5.74) is 2.69. The van der Waals surface area contributed by atoms with Crippen molar-refractivity contribution in [2.45, 2.75) is 13.8 Å². The zero-order chi connectivity index (χ0) is 13.6. The highest BCUT2D eigenvalue weighted by Crippen LogP contribution is 2.26. The molecule has 1 aromatic rings. The Morgan fingerprint density at radius 1 is 1.00 bits per heavy atom. The number of benzene rings is 1. The van der Waals surface area contributed by atoms with Crippen molar-refractivity contribution in [2.24, 2.45) is 5.92 Å². The number of allylic oxidation sites excluding steroid dienone is 4. The summed E-state index contributed by atoms with van der Waals surface area (Å²) in [6.45, 7) is 3.15. The van der Waals surface area contributed by atoms with Crippen molar-refractivity contribution in [1.29, 1.82) is 0 Å². The fraction of sp³-hybridized carbons (Fsp3) is 0.176. The van der Waals surface area contributed by atoms with Gasteiger partial charge in [-0.15, -0.1) is 0 Å². The summed E-state index contributed by atoms with van der Waals surface area (Å²) < 4.78 is 0. The van der Waals surface area contributed by atoms with Crippen molar-refractivity contribution in [3.05, 3.63) is 58.0 Å². The Labute approximate surface area is 111 Å². The fourth-order valence-electron chi connectivity index (χ4n) is 2.65. The summed E-state index contributed by atoms with van der Waals surface area (Å²) in [4.78, 5) is 22.8. The second kappa shape index (κ2) is 4.16. The van der Waals surface area contributed by atoms with E-state index in [4.69, 9.17) is 0 Å². The van der Waals surface area contributed by atoms with Gasteiger partial charge in [-0.25, -0.2) is 0 Å². The van der Waals surface area contributed by atoms with Crippen LogP contribution in [0.5, 0.6) is 0 Å². The van der Waals surface area contributed by atoms with Gasteiger partial charge < -0.3 is 0 Å². The van der Waals surface area contributed by atoms with Crippen LogP contribution in [0.4, 0.5) is 0 Å². The van der Waals surface area contributed by atoms with E-state index in [0.717, 1.165) is 21.6 Å². The molecule has 2 heteroatoms. The molecule has 2 aliphatic rings. The predicted octanol–water partition coefficient (Wildman–Crippen LogP) is 1.54. The molecule has 0 saturated heterocycles. The molecule has 0 aromatic heterocycles. The maximum Gasteiger partial charge on any atom is 0.159 e. The highest BCUT2D eigenvalue weighted by atomic mass is 16.1. The molecule has 0 saturated carbocycles. The molecule has 0 amide bonds. The van der Waals surface area contributed by atoms with Crippen molar-refractivity contribution in [3.8, 4) is 0 Å². The van der Waals surface area contributed by atoms with Crippen LogP contribution in [0.25, 0.3) is 11.6 Å². The third-order valence-electron chi connectivity index (χ3n) is 3.70. The summed E-state index contributed by atoms with van der Waals surface area (Å²) >= 11 is 0. The Kier molecular flexibility index (Phi) is 2.59. The minimum Gasteiger partial charge on any atom is -0.295 e. The van der Waals surface area contributed by atoms with E-state index in [1.807, 2.05) is 36.4 Å². The van der Waals surface area contributed by atoms with E-state index in [1.165, 1.54) is 5.57 Å². The molecule has 2 nitrogen and oxygen atoms in total. The maximum absolute atomic E-state index is 11.4. The molecular weight excluding hydrogens is 236 g/mol. The smallest absolute Gasteiger partial charge is 0.159 e. The molecule has 0 spiro atoms. The van der Waals surface area contributed by atoms with Gasteiger partial charge in [-0.1, -0.05) is 36.4 Å². The predicted molar refractivity (Wildman–Crippen MR) is 75.0 cm³/mol. The number of hydrogen-bond donors (Lipinski definition) is 0. The second-order valence-electron chi connectivity index (χ2n) is 5.02. The normalized spacial score (nSPS) is 19.4. The summed E-state index contributed by atoms with van der Waals surface area (Å²) in [5, 5.41) is 2.24. The lowest BCUT2D eigenvalue weighted by atomic mass is 9.91. The van der Waals surface area contributed by atoms with Crippen molar-refractivity contribution in [2.75, 3.05) is 0 Å². The summed E-state index contributed by atoms with van der Waals surface area (Å²) in [7, 11) is 0. The van der Waals surface area contributed by atoms with Crippen molar-refractivity contribution in [3.63, 3.8) is 0 Å². The first-order valence-electron chi connectivity index (χ1n) is 6.34. The first-order chi connectivity index (χ1) is 9.06. The first-order valence-corrected chi connectivity index (χ1v) is 6.34. The van der Waals surface area contributed by atoms with Gasteiger partial charge in [-0.2, -0.15) is 0 Å². The van der Waals surface area contributed by atoms with E-state index in [-0.39, 0.29) is 17.5 Å². The van der Waals surface area contributed by atoms with Crippen LogP contribution in [0, 0.1) is 5.92 Å². The lowest BCUT2D eigenvalue weighted by Gasteiger charge is -2.12. The molecule has 0 unspecified atom stereocenters. The van der Waals surface area contributed by atoms with Crippen LogP contribution in [0.2, 0.25) is 0 Å². The summed E-state index contributed by atoms with van der Waals surface area (Å²) in [6.07, 6.45) is 7.99. The highest BCUT2D eigenvalue weighted by molar-refractivity contribution is 5.99. The third-order valence-corrected chi connectivity index (χ3v) is 3.70. The van der Waals surface area contributed by atoms with Crippen LogP contribution in [-0.2, 0) is 4.79 Å². The molecule has 1 aromatic carbocycles. The Bertz CT molecular complexity index is 776. The van der Waals surface area contributed by atoms with Gasteiger partial charge in [0.15, 0.2) is 11.6 Å². The van der Waals surface area contributed by atoms with E-state index in [2.05, 4.69) is 6.08 Å². The molecule has 2 aliphatic carbocycles. The summed E-state index contributed by atoms with van der Waals surface area (Å²) in [5.74, 6) is 0.316. The minimum atomic E-state index is 0.0755. The van der Waals surface area contributed by atoms with Crippen LogP contribution < -0.4 is 10.4 Å². The van der Waals surface area contributed by atoms with Crippen LogP contribution in [-0.4, -0.2) is 11.6 Å². The first kappa shape index (κ1) is 11.8. The average Bonchev–Trinajstić information content (AvgIpc) is 2.74. The zero-order valence-electron chi connectivity index (χ0n) is 10.9. The number of hydrogen-bond acceptors (Lipinski definition) is 2. The SMILES string of the molecule is CC(=O)C1=C[C@@H]2C=c3cc(C(C)=O)ccc3=C2C=C1. The van der Waals surface area contributed by atoms with Gasteiger partial charge in [0.25, 0.3) is 0 Å². The minimum absolute atomic E-state index is 0.0755. The largest absolute Gasteiger partial charge is 0.295 e. The highest BCUT2D eigenvalue weighted by Gasteiger charge is 2.19. The van der Waals surface area contributed by atoms with Crippen molar-refractivity contribution in [1.82, 2.24) is 0 Å². The third kappa shape index (κ3) is 1.89. The lowest BCUT2D eigenvalue weighted by molar-refractivity contribution is -0.113. The Hall–Kier alpha value is -2.22. The summed E-state index contributed by atoms with van der Waals surface area (Å²) in [6, 6.07) is 5.79. The molecule has 19 heavy (non-hydrogen) atoms. The molecule has 0 radical (unpaired) electrons. The van der Waals surface area contributed by atoms with E-state index in [0.29, 0.717) is 0 Å². The zero-order valence-corrected chi connectivity index (χ0v) is 10.9. The number of rotatable bonds is 2. The van der Waals surface area contributed by atoms with Crippen LogP contribution in [0.1, 0.15) is 24.2 Å². The molecule has 94 valence electrons. The molecule has 0 N–H and O–H groups in total. The van der Waals surface area contributed by atoms with Crippen LogP contribution >= 0.6 is 0 Å². The number of Topliss-reactive ketones (excluding diaryl/α,β-unsaturated/α-hetero) is 2. The number of ketones is 2. The molecule has 0 heterocycles. The van der Waals surface area contributed by atoms with Crippen LogP contribution in [0.3, 0.4) is 0 Å². The number of carbonyl (C=O) groups excluding carboxylic acids is 2. The van der Waals surface area contributed by atoms with Gasteiger partial charge in [0.2, 0.25) is 0 Å². The molecule has 3 rings (SSSR count). The van der Waals surface area contributed by atoms with E-state index in [9.17, 15) is 9.59 Å². The maximum atomic E-state index is 11.4.